The van der Waals surface area contributed by atoms with Crippen LogP contribution in [0.5, 0.6) is 5.75 Å². The Morgan fingerprint density at radius 3 is 2.70 bits per heavy atom. The summed E-state index contributed by atoms with van der Waals surface area (Å²) in [6.45, 7) is 1.33. The van der Waals surface area contributed by atoms with E-state index in [4.69, 9.17) is 4.74 Å². The summed E-state index contributed by atoms with van der Waals surface area (Å²) in [6.07, 6.45) is 2.56. The highest BCUT2D eigenvalue weighted by Gasteiger charge is 2.28. The summed E-state index contributed by atoms with van der Waals surface area (Å²) in [5.74, 6) is 0.828. The number of hydrogen-bond acceptors (Lipinski definition) is 3. The van der Waals surface area contributed by atoms with E-state index in [-0.39, 0.29) is 12.0 Å². The van der Waals surface area contributed by atoms with Gasteiger partial charge in [-0.1, -0.05) is 24.3 Å². The number of pyridine rings is 1. The Labute approximate surface area is 118 Å². The molecule has 1 saturated heterocycles. The molecule has 0 N–H and O–H groups in total. The third kappa shape index (κ3) is 2.79. The number of carbonyl (C=O) groups is 1. The molecule has 1 aliphatic rings. The van der Waals surface area contributed by atoms with E-state index in [9.17, 15) is 4.79 Å². The van der Waals surface area contributed by atoms with Crippen LogP contribution in [0.1, 0.15) is 16.9 Å². The van der Waals surface area contributed by atoms with Crippen LogP contribution in [0.4, 0.5) is 0 Å². The van der Waals surface area contributed by atoms with Gasteiger partial charge in [-0.2, -0.15) is 0 Å². The summed E-state index contributed by atoms with van der Waals surface area (Å²) in [5, 5.41) is 0. The maximum Gasteiger partial charge on any atom is 0.272 e. The summed E-state index contributed by atoms with van der Waals surface area (Å²) in [5.41, 5.74) is 0.493. The van der Waals surface area contributed by atoms with Crippen LogP contribution < -0.4 is 4.74 Å². The highest BCUT2D eigenvalue weighted by Crippen LogP contribution is 2.19. The quantitative estimate of drug-likeness (QED) is 0.858. The largest absolute Gasteiger partial charge is 0.489 e. The molecule has 20 heavy (non-hydrogen) atoms. The van der Waals surface area contributed by atoms with Gasteiger partial charge in [0.05, 0.1) is 6.54 Å². The topological polar surface area (TPSA) is 42.4 Å². The van der Waals surface area contributed by atoms with E-state index in [1.807, 2.05) is 42.5 Å². The lowest BCUT2D eigenvalue weighted by atomic mass is 10.3. The number of benzene rings is 1. The molecule has 1 aliphatic heterocycles. The van der Waals surface area contributed by atoms with Crippen LogP contribution >= 0.6 is 0 Å². The Bertz CT molecular complexity index is 572. The number of nitrogens with zero attached hydrogens (tertiary/aromatic N) is 2. The van der Waals surface area contributed by atoms with E-state index in [1.54, 1.807) is 17.2 Å². The molecular formula is C16H16N2O2. The fourth-order valence-corrected chi connectivity index (χ4v) is 2.35. The molecule has 0 saturated carbocycles. The maximum atomic E-state index is 12.3. The van der Waals surface area contributed by atoms with Crippen molar-refractivity contribution in [3.63, 3.8) is 0 Å². The van der Waals surface area contributed by atoms with Crippen LogP contribution in [0.3, 0.4) is 0 Å². The predicted molar refractivity (Wildman–Crippen MR) is 75.6 cm³/mol. The summed E-state index contributed by atoms with van der Waals surface area (Å²) in [6, 6.07) is 15.1. The Morgan fingerprint density at radius 1 is 1.15 bits per heavy atom. The van der Waals surface area contributed by atoms with Crippen molar-refractivity contribution < 1.29 is 9.53 Å². The summed E-state index contributed by atoms with van der Waals surface area (Å²) >= 11 is 0. The van der Waals surface area contributed by atoms with Gasteiger partial charge in [-0.15, -0.1) is 0 Å². The number of likely N-dealkylation sites (tertiary alicyclic amines) is 1. The van der Waals surface area contributed by atoms with Crippen LogP contribution in [0, 0.1) is 0 Å². The molecule has 4 nitrogen and oxygen atoms in total. The SMILES string of the molecule is O=C(c1ccccn1)N1CCC(Oc2ccccc2)C1. The van der Waals surface area contributed by atoms with Gasteiger partial charge in [-0.3, -0.25) is 9.78 Å². The molecule has 0 spiro atoms. The third-order valence-electron chi connectivity index (χ3n) is 3.36. The van der Waals surface area contributed by atoms with Crippen molar-refractivity contribution in [2.75, 3.05) is 13.1 Å². The van der Waals surface area contributed by atoms with E-state index >= 15 is 0 Å². The van der Waals surface area contributed by atoms with Gasteiger partial charge in [-0.25, -0.2) is 0 Å². The Balaban J connectivity index is 1.61. The molecule has 1 unspecified atom stereocenters. The molecule has 3 rings (SSSR count). The molecule has 1 aromatic carbocycles. The van der Waals surface area contributed by atoms with E-state index in [0.717, 1.165) is 12.2 Å². The smallest absolute Gasteiger partial charge is 0.272 e. The van der Waals surface area contributed by atoms with Crippen molar-refractivity contribution in [3.05, 3.63) is 60.4 Å². The van der Waals surface area contributed by atoms with Gasteiger partial charge in [-0.05, 0) is 24.3 Å². The van der Waals surface area contributed by atoms with Crippen molar-refractivity contribution in [2.24, 2.45) is 0 Å². The van der Waals surface area contributed by atoms with Crippen molar-refractivity contribution in [2.45, 2.75) is 12.5 Å². The first-order chi connectivity index (χ1) is 9.83. The van der Waals surface area contributed by atoms with E-state index in [1.165, 1.54) is 0 Å². The van der Waals surface area contributed by atoms with Gasteiger partial charge in [0, 0.05) is 19.2 Å². The lowest BCUT2D eigenvalue weighted by molar-refractivity contribution is 0.0766. The molecule has 1 aromatic heterocycles. The summed E-state index contributed by atoms with van der Waals surface area (Å²) < 4.78 is 5.88. The minimum Gasteiger partial charge on any atom is -0.489 e. The van der Waals surface area contributed by atoms with Gasteiger partial charge < -0.3 is 9.64 Å². The number of ether oxygens (including phenoxy) is 1. The molecule has 4 heteroatoms. The molecule has 2 aromatic rings. The fraction of sp³-hybridized carbons (Fsp3) is 0.250. The maximum absolute atomic E-state index is 12.3. The second kappa shape index (κ2) is 5.74. The van der Waals surface area contributed by atoms with Gasteiger partial charge in [0.1, 0.15) is 17.5 Å². The minimum atomic E-state index is -0.0234. The second-order valence-electron chi connectivity index (χ2n) is 4.81. The van der Waals surface area contributed by atoms with Crippen LogP contribution in [-0.2, 0) is 0 Å². The zero-order chi connectivity index (χ0) is 13.8. The zero-order valence-electron chi connectivity index (χ0n) is 11.1. The Morgan fingerprint density at radius 2 is 1.95 bits per heavy atom. The molecule has 1 fully saturated rings. The van der Waals surface area contributed by atoms with Gasteiger partial charge in [0.15, 0.2) is 0 Å². The Hall–Kier alpha value is -2.36. The van der Waals surface area contributed by atoms with E-state index in [2.05, 4.69) is 4.98 Å². The van der Waals surface area contributed by atoms with E-state index < -0.39 is 0 Å². The zero-order valence-corrected chi connectivity index (χ0v) is 11.1. The van der Waals surface area contributed by atoms with Gasteiger partial charge in [0.25, 0.3) is 5.91 Å². The van der Waals surface area contributed by atoms with Crippen molar-refractivity contribution in [3.8, 4) is 5.75 Å². The average Bonchev–Trinajstić information content (AvgIpc) is 2.97. The number of para-hydroxylation sites is 1. The van der Waals surface area contributed by atoms with Crippen LogP contribution in [0.2, 0.25) is 0 Å². The number of carbonyl (C=O) groups excluding carboxylic acids is 1. The van der Waals surface area contributed by atoms with Crippen LogP contribution in [0.15, 0.2) is 54.7 Å². The molecule has 102 valence electrons. The normalized spacial score (nSPS) is 18.0. The standard InChI is InChI=1S/C16H16N2O2/c19-16(15-8-4-5-10-17-15)18-11-9-14(12-18)20-13-6-2-1-3-7-13/h1-8,10,14H,9,11-12H2. The van der Waals surface area contributed by atoms with Crippen molar-refractivity contribution in [1.29, 1.82) is 0 Å². The van der Waals surface area contributed by atoms with Crippen molar-refractivity contribution in [1.82, 2.24) is 9.88 Å². The van der Waals surface area contributed by atoms with Gasteiger partial charge in [0.2, 0.25) is 0 Å². The number of aromatic nitrogens is 1. The molecular weight excluding hydrogens is 252 g/mol. The third-order valence-corrected chi connectivity index (χ3v) is 3.36. The monoisotopic (exact) mass is 268 g/mol. The molecule has 0 bridgehead atoms. The molecule has 1 atom stereocenters. The molecule has 0 radical (unpaired) electrons. The van der Waals surface area contributed by atoms with Crippen LogP contribution in [0.25, 0.3) is 0 Å². The van der Waals surface area contributed by atoms with Gasteiger partial charge >= 0.3 is 0 Å². The first-order valence-corrected chi connectivity index (χ1v) is 6.75. The lowest BCUT2D eigenvalue weighted by Gasteiger charge is -2.16. The summed E-state index contributed by atoms with van der Waals surface area (Å²) in [4.78, 5) is 18.2. The molecule has 0 aliphatic carbocycles. The van der Waals surface area contributed by atoms with E-state index in [0.29, 0.717) is 18.8 Å². The average molecular weight is 268 g/mol. The summed E-state index contributed by atoms with van der Waals surface area (Å²) in [7, 11) is 0. The highest BCUT2D eigenvalue weighted by atomic mass is 16.5. The highest BCUT2D eigenvalue weighted by molar-refractivity contribution is 5.92. The first-order valence-electron chi connectivity index (χ1n) is 6.75. The second-order valence-corrected chi connectivity index (χ2v) is 4.81. The molecule has 1 amide bonds. The molecule has 2 heterocycles. The minimum absolute atomic E-state index is 0.0234. The fourth-order valence-electron chi connectivity index (χ4n) is 2.35. The lowest BCUT2D eigenvalue weighted by Crippen LogP contribution is -2.31. The van der Waals surface area contributed by atoms with Crippen molar-refractivity contribution >= 4 is 5.91 Å². The van der Waals surface area contributed by atoms with Crippen LogP contribution in [-0.4, -0.2) is 35.0 Å². The Kier molecular flexibility index (Phi) is 3.63. The predicted octanol–water partition coefficient (Wildman–Crippen LogP) is 2.38. The number of amides is 1. The number of rotatable bonds is 3. The number of hydrogen-bond donors (Lipinski definition) is 0. The first kappa shape index (κ1) is 12.7.